The molecular formula is C9H9F3O4S. The van der Waals surface area contributed by atoms with Crippen LogP contribution in [0, 0.1) is 0 Å². The molecule has 1 aromatic heterocycles. The van der Waals surface area contributed by atoms with E-state index in [0.717, 1.165) is 4.88 Å². The minimum atomic E-state index is -5.08. The van der Waals surface area contributed by atoms with E-state index in [2.05, 4.69) is 0 Å². The van der Waals surface area contributed by atoms with Crippen molar-refractivity contribution in [3.63, 3.8) is 0 Å². The van der Waals surface area contributed by atoms with Crippen molar-refractivity contribution >= 4 is 23.3 Å². The second-order valence-corrected chi connectivity index (χ2v) is 3.81. The van der Waals surface area contributed by atoms with E-state index in [0.29, 0.717) is 6.42 Å². The highest BCUT2D eigenvalue weighted by molar-refractivity contribution is 7.09. The quantitative estimate of drug-likeness (QED) is 0.884. The van der Waals surface area contributed by atoms with Gasteiger partial charge in [-0.2, -0.15) is 13.2 Å². The molecule has 0 atom stereocenters. The van der Waals surface area contributed by atoms with Gasteiger partial charge in [0.1, 0.15) is 0 Å². The first-order chi connectivity index (χ1) is 7.73. The monoisotopic (exact) mass is 270 g/mol. The number of halogens is 3. The molecule has 0 radical (unpaired) electrons. The van der Waals surface area contributed by atoms with E-state index in [1.54, 1.807) is 11.3 Å². The topological polar surface area (TPSA) is 74.6 Å². The van der Waals surface area contributed by atoms with Gasteiger partial charge in [-0.15, -0.1) is 11.3 Å². The van der Waals surface area contributed by atoms with E-state index in [-0.39, 0.29) is 6.42 Å². The molecule has 0 aliphatic carbocycles. The maximum absolute atomic E-state index is 10.6. The Morgan fingerprint density at radius 3 is 2.12 bits per heavy atom. The fraction of sp³-hybridized carbons (Fsp3) is 0.333. The maximum Gasteiger partial charge on any atom is 0.490 e. The van der Waals surface area contributed by atoms with Crippen LogP contribution in [0.2, 0.25) is 0 Å². The van der Waals surface area contributed by atoms with Gasteiger partial charge in [-0.3, -0.25) is 4.79 Å². The highest BCUT2D eigenvalue weighted by Crippen LogP contribution is 2.13. The van der Waals surface area contributed by atoms with Crippen LogP contribution in [-0.2, 0) is 16.0 Å². The zero-order valence-electron chi connectivity index (χ0n) is 8.40. The molecular weight excluding hydrogens is 261 g/mol. The lowest BCUT2D eigenvalue weighted by Gasteiger charge is -1.93. The van der Waals surface area contributed by atoms with E-state index in [9.17, 15) is 18.0 Å². The summed E-state index contributed by atoms with van der Waals surface area (Å²) >= 11 is 1.60. The van der Waals surface area contributed by atoms with Crippen molar-refractivity contribution < 1.29 is 33.0 Å². The Morgan fingerprint density at radius 1 is 1.29 bits per heavy atom. The number of rotatable bonds is 3. The number of hydrogen-bond acceptors (Lipinski definition) is 3. The molecule has 4 nitrogen and oxygen atoms in total. The average Bonchev–Trinajstić information content (AvgIpc) is 2.66. The molecule has 0 saturated heterocycles. The Kier molecular flexibility index (Phi) is 6.26. The molecule has 1 rings (SSSR count). The molecule has 2 N–H and O–H groups in total. The minimum Gasteiger partial charge on any atom is -0.481 e. The largest absolute Gasteiger partial charge is 0.490 e. The van der Waals surface area contributed by atoms with Crippen molar-refractivity contribution in [1.82, 2.24) is 0 Å². The first kappa shape index (κ1) is 15.4. The molecule has 1 aromatic rings. The predicted molar refractivity (Wildman–Crippen MR) is 54.0 cm³/mol. The molecule has 0 bridgehead atoms. The van der Waals surface area contributed by atoms with Crippen molar-refractivity contribution in [1.29, 1.82) is 0 Å². The van der Waals surface area contributed by atoms with Gasteiger partial charge in [-0.05, 0) is 17.9 Å². The van der Waals surface area contributed by atoms with Crippen LogP contribution < -0.4 is 0 Å². The Morgan fingerprint density at radius 2 is 1.82 bits per heavy atom. The highest BCUT2D eigenvalue weighted by atomic mass is 32.1. The second kappa shape index (κ2) is 6.89. The fourth-order valence-electron chi connectivity index (χ4n) is 0.685. The van der Waals surface area contributed by atoms with E-state index in [1.807, 2.05) is 17.5 Å². The third kappa shape index (κ3) is 8.26. The predicted octanol–water partition coefficient (Wildman–Crippen LogP) is 2.40. The molecule has 0 aliphatic heterocycles. The molecule has 8 heteroatoms. The molecule has 96 valence electrons. The Labute approximate surface area is 98.3 Å². The summed E-state index contributed by atoms with van der Waals surface area (Å²) in [5, 5.41) is 17.4. The molecule has 0 aliphatic rings. The zero-order chi connectivity index (χ0) is 13.5. The number of alkyl halides is 3. The molecule has 0 spiro atoms. The van der Waals surface area contributed by atoms with Crippen LogP contribution >= 0.6 is 11.3 Å². The summed E-state index contributed by atoms with van der Waals surface area (Å²) in [6.45, 7) is 0. The number of aliphatic carboxylic acids is 2. The average molecular weight is 270 g/mol. The lowest BCUT2D eigenvalue weighted by Crippen LogP contribution is -2.21. The Balaban J connectivity index is 0.000000325. The van der Waals surface area contributed by atoms with E-state index in [1.165, 1.54) is 0 Å². The molecule has 0 amide bonds. The summed E-state index contributed by atoms with van der Waals surface area (Å²) in [7, 11) is 0. The summed E-state index contributed by atoms with van der Waals surface area (Å²) < 4.78 is 31.7. The maximum atomic E-state index is 10.6. The van der Waals surface area contributed by atoms with Gasteiger partial charge in [-0.25, -0.2) is 4.79 Å². The van der Waals surface area contributed by atoms with Crippen LogP contribution in [0.1, 0.15) is 11.3 Å². The van der Waals surface area contributed by atoms with Crippen molar-refractivity contribution in [2.45, 2.75) is 19.0 Å². The molecule has 0 saturated carbocycles. The van der Waals surface area contributed by atoms with Crippen LogP contribution in [0.3, 0.4) is 0 Å². The van der Waals surface area contributed by atoms with Crippen LogP contribution in [0.25, 0.3) is 0 Å². The van der Waals surface area contributed by atoms with Crippen molar-refractivity contribution in [3.8, 4) is 0 Å². The Hall–Kier alpha value is -1.57. The van der Waals surface area contributed by atoms with Crippen molar-refractivity contribution in [2.75, 3.05) is 0 Å². The van der Waals surface area contributed by atoms with Gasteiger partial charge in [0.25, 0.3) is 0 Å². The van der Waals surface area contributed by atoms with Gasteiger partial charge in [0.15, 0.2) is 0 Å². The van der Waals surface area contributed by atoms with Crippen LogP contribution in [0.4, 0.5) is 13.2 Å². The lowest BCUT2D eigenvalue weighted by molar-refractivity contribution is -0.192. The molecule has 0 fully saturated rings. The number of carbonyl (C=O) groups is 2. The van der Waals surface area contributed by atoms with Gasteiger partial charge in [0.2, 0.25) is 0 Å². The van der Waals surface area contributed by atoms with Crippen LogP contribution in [0.5, 0.6) is 0 Å². The summed E-state index contributed by atoms with van der Waals surface area (Å²) in [5.74, 6) is -3.49. The van der Waals surface area contributed by atoms with E-state index >= 15 is 0 Å². The van der Waals surface area contributed by atoms with Crippen LogP contribution in [0.15, 0.2) is 17.5 Å². The summed E-state index contributed by atoms with van der Waals surface area (Å²) in [6.07, 6.45) is -4.19. The first-order valence-electron chi connectivity index (χ1n) is 4.27. The SMILES string of the molecule is O=C(O)C(F)(F)F.O=C(O)CCc1cccs1. The summed E-state index contributed by atoms with van der Waals surface area (Å²) in [6, 6.07) is 3.88. The van der Waals surface area contributed by atoms with Gasteiger partial charge in [0, 0.05) is 4.88 Å². The van der Waals surface area contributed by atoms with Gasteiger partial charge in [0.05, 0.1) is 6.42 Å². The molecule has 17 heavy (non-hydrogen) atoms. The molecule has 0 aromatic carbocycles. The smallest absolute Gasteiger partial charge is 0.481 e. The number of carboxylic acids is 2. The van der Waals surface area contributed by atoms with E-state index in [4.69, 9.17) is 15.0 Å². The standard InChI is InChI=1S/C7H8O2S.C2HF3O2/c8-7(9)4-3-6-2-1-5-10-6;3-2(4,5)1(6)7/h1-2,5H,3-4H2,(H,8,9);(H,6,7). The zero-order valence-corrected chi connectivity index (χ0v) is 9.22. The normalized spacial score (nSPS) is 10.3. The van der Waals surface area contributed by atoms with Crippen molar-refractivity contribution in [3.05, 3.63) is 22.4 Å². The van der Waals surface area contributed by atoms with E-state index < -0.39 is 18.1 Å². The summed E-state index contributed by atoms with van der Waals surface area (Å²) in [4.78, 5) is 20.1. The summed E-state index contributed by atoms with van der Waals surface area (Å²) in [5.41, 5.74) is 0. The van der Waals surface area contributed by atoms with Gasteiger partial charge < -0.3 is 10.2 Å². The fourth-order valence-corrected chi connectivity index (χ4v) is 1.39. The minimum absolute atomic E-state index is 0.237. The van der Waals surface area contributed by atoms with Gasteiger partial charge in [-0.1, -0.05) is 6.07 Å². The molecule has 0 unspecified atom stereocenters. The van der Waals surface area contributed by atoms with Crippen molar-refractivity contribution in [2.24, 2.45) is 0 Å². The number of thiophene rings is 1. The number of aryl methyl sites for hydroxylation is 1. The number of carboxylic acid groups (broad SMARTS) is 2. The number of hydrogen-bond donors (Lipinski definition) is 2. The van der Waals surface area contributed by atoms with Gasteiger partial charge >= 0.3 is 18.1 Å². The second-order valence-electron chi connectivity index (χ2n) is 2.78. The first-order valence-corrected chi connectivity index (χ1v) is 5.15. The molecule has 1 heterocycles. The third-order valence-electron chi connectivity index (χ3n) is 1.41. The third-order valence-corrected chi connectivity index (χ3v) is 2.34. The van der Waals surface area contributed by atoms with Crippen LogP contribution in [-0.4, -0.2) is 28.3 Å². The Bertz CT molecular complexity index is 359. The lowest BCUT2D eigenvalue weighted by atomic mass is 10.3. The highest BCUT2D eigenvalue weighted by Gasteiger charge is 2.38.